The van der Waals surface area contributed by atoms with Crippen LogP contribution in [-0.2, 0) is 5.54 Å². The van der Waals surface area contributed by atoms with Gasteiger partial charge in [0, 0.05) is 11.1 Å². The normalized spacial score (nSPS) is 18.7. The van der Waals surface area contributed by atoms with Crippen LogP contribution in [0.3, 0.4) is 0 Å². The number of phenolic OH excluding ortho intramolecular Hbond substituents is 1. The van der Waals surface area contributed by atoms with E-state index in [1.54, 1.807) is 6.07 Å². The number of benzene rings is 1. The zero-order valence-electron chi connectivity index (χ0n) is 9.29. The molecule has 1 aliphatic carbocycles. The van der Waals surface area contributed by atoms with Gasteiger partial charge in [0.1, 0.15) is 16.5 Å². The van der Waals surface area contributed by atoms with Gasteiger partial charge in [-0.05, 0) is 25.0 Å². The van der Waals surface area contributed by atoms with Crippen molar-refractivity contribution >= 4 is 11.6 Å². The summed E-state index contributed by atoms with van der Waals surface area (Å²) in [5.74, 6) is 0.537. The molecule has 3 nitrogen and oxygen atoms in total. The van der Waals surface area contributed by atoms with Crippen LogP contribution in [0.5, 0.6) is 11.5 Å². The summed E-state index contributed by atoms with van der Waals surface area (Å²) in [5, 5.41) is 10.3. The molecule has 0 spiro atoms. The van der Waals surface area contributed by atoms with Crippen LogP contribution in [0, 0.1) is 0 Å². The van der Waals surface area contributed by atoms with Crippen molar-refractivity contribution in [1.82, 2.24) is 0 Å². The van der Waals surface area contributed by atoms with Crippen LogP contribution in [0.25, 0.3) is 0 Å². The first kappa shape index (κ1) is 11.6. The van der Waals surface area contributed by atoms with Crippen LogP contribution in [0.1, 0.15) is 31.2 Å². The molecule has 1 saturated carbocycles. The summed E-state index contributed by atoms with van der Waals surface area (Å²) in [6.07, 6.45) is 3.98. The molecule has 0 saturated heterocycles. The number of halogens is 1. The largest absolute Gasteiger partial charge is 0.506 e. The van der Waals surface area contributed by atoms with Crippen LogP contribution in [0.15, 0.2) is 12.1 Å². The molecule has 0 radical (unpaired) electrons. The van der Waals surface area contributed by atoms with Crippen molar-refractivity contribution in [3.05, 3.63) is 22.7 Å². The van der Waals surface area contributed by atoms with Crippen LogP contribution in [0.4, 0.5) is 0 Å². The maximum absolute atomic E-state index is 10.0. The molecule has 0 amide bonds. The number of methoxy groups -OCH3 is 1. The van der Waals surface area contributed by atoms with Crippen LogP contribution in [0.2, 0.25) is 5.02 Å². The van der Waals surface area contributed by atoms with Crippen molar-refractivity contribution in [3.8, 4) is 11.5 Å². The Morgan fingerprint density at radius 3 is 2.56 bits per heavy atom. The van der Waals surface area contributed by atoms with E-state index in [0.29, 0.717) is 5.75 Å². The fourth-order valence-corrected chi connectivity index (χ4v) is 2.62. The fourth-order valence-electron chi connectivity index (χ4n) is 2.38. The summed E-state index contributed by atoms with van der Waals surface area (Å²) in [4.78, 5) is 0. The van der Waals surface area contributed by atoms with Crippen LogP contribution >= 0.6 is 11.6 Å². The lowest BCUT2D eigenvalue weighted by Crippen LogP contribution is -2.33. The fraction of sp³-hybridized carbons (Fsp3) is 0.500. The van der Waals surface area contributed by atoms with Gasteiger partial charge >= 0.3 is 0 Å². The average molecular weight is 242 g/mol. The zero-order valence-corrected chi connectivity index (χ0v) is 10.0. The standard InChI is InChI=1S/C12H16ClNO2/c1-16-9-5-4-8(11(15)10(9)13)12(14)6-2-3-7-12/h4-5,15H,2-3,6-7,14H2,1H3. The molecule has 3 N–H and O–H groups in total. The summed E-state index contributed by atoms with van der Waals surface area (Å²) in [6.45, 7) is 0. The smallest absolute Gasteiger partial charge is 0.143 e. The maximum atomic E-state index is 10.0. The lowest BCUT2D eigenvalue weighted by Gasteiger charge is -2.25. The number of hydrogen-bond acceptors (Lipinski definition) is 3. The minimum atomic E-state index is -0.431. The lowest BCUT2D eigenvalue weighted by atomic mass is 9.88. The summed E-state index contributed by atoms with van der Waals surface area (Å²) in [6, 6.07) is 3.57. The van der Waals surface area contributed by atoms with Gasteiger partial charge in [-0.1, -0.05) is 24.4 Å². The third-order valence-corrected chi connectivity index (χ3v) is 3.70. The van der Waals surface area contributed by atoms with E-state index >= 15 is 0 Å². The Kier molecular flexibility index (Phi) is 3.00. The lowest BCUT2D eigenvalue weighted by molar-refractivity contribution is 0.391. The van der Waals surface area contributed by atoms with Gasteiger partial charge in [-0.15, -0.1) is 0 Å². The molecule has 1 aliphatic rings. The molecule has 0 unspecified atom stereocenters. The highest BCUT2D eigenvalue weighted by atomic mass is 35.5. The van der Waals surface area contributed by atoms with E-state index in [-0.39, 0.29) is 10.8 Å². The van der Waals surface area contributed by atoms with E-state index < -0.39 is 5.54 Å². The average Bonchev–Trinajstić information content (AvgIpc) is 2.70. The number of aromatic hydroxyl groups is 1. The van der Waals surface area contributed by atoms with Crippen molar-refractivity contribution in [3.63, 3.8) is 0 Å². The van der Waals surface area contributed by atoms with E-state index in [9.17, 15) is 5.11 Å². The van der Waals surface area contributed by atoms with Gasteiger partial charge in [-0.3, -0.25) is 0 Å². The summed E-state index contributed by atoms with van der Waals surface area (Å²) < 4.78 is 5.04. The second kappa shape index (κ2) is 4.15. The molecule has 88 valence electrons. The molecule has 16 heavy (non-hydrogen) atoms. The molecular formula is C12H16ClNO2. The molecule has 1 aromatic rings. The van der Waals surface area contributed by atoms with Gasteiger partial charge in [0.15, 0.2) is 0 Å². The number of ether oxygens (including phenoxy) is 1. The minimum Gasteiger partial charge on any atom is -0.506 e. The molecule has 0 atom stereocenters. The van der Waals surface area contributed by atoms with Gasteiger partial charge in [0.05, 0.1) is 7.11 Å². The quantitative estimate of drug-likeness (QED) is 0.837. The number of hydrogen-bond donors (Lipinski definition) is 2. The molecule has 0 aliphatic heterocycles. The summed E-state index contributed by atoms with van der Waals surface area (Å²) >= 11 is 6.01. The van der Waals surface area contributed by atoms with E-state index in [1.165, 1.54) is 7.11 Å². The van der Waals surface area contributed by atoms with Gasteiger partial charge in [0.2, 0.25) is 0 Å². The van der Waals surface area contributed by atoms with Gasteiger partial charge < -0.3 is 15.6 Å². The molecule has 2 rings (SSSR count). The van der Waals surface area contributed by atoms with E-state index in [4.69, 9.17) is 22.1 Å². The first-order valence-corrected chi connectivity index (χ1v) is 5.81. The highest BCUT2D eigenvalue weighted by molar-refractivity contribution is 6.33. The number of phenols is 1. The second-order valence-corrected chi connectivity index (χ2v) is 4.72. The molecule has 1 fully saturated rings. The maximum Gasteiger partial charge on any atom is 0.143 e. The first-order chi connectivity index (χ1) is 7.58. The Morgan fingerprint density at radius 2 is 2.00 bits per heavy atom. The topological polar surface area (TPSA) is 55.5 Å². The Hall–Kier alpha value is -0.930. The Morgan fingerprint density at radius 1 is 1.38 bits per heavy atom. The number of nitrogens with two attached hydrogens (primary N) is 1. The van der Waals surface area contributed by atoms with Crippen LogP contribution in [-0.4, -0.2) is 12.2 Å². The zero-order chi connectivity index (χ0) is 11.8. The van der Waals surface area contributed by atoms with Crippen LogP contribution < -0.4 is 10.5 Å². The minimum absolute atomic E-state index is 0.0606. The molecular weight excluding hydrogens is 226 g/mol. The van der Waals surface area contributed by atoms with Gasteiger partial charge in [0.25, 0.3) is 0 Å². The highest BCUT2D eigenvalue weighted by Crippen LogP contribution is 2.45. The molecule has 0 aromatic heterocycles. The molecule has 4 heteroatoms. The monoisotopic (exact) mass is 241 g/mol. The Labute approximate surface area is 100 Å². The van der Waals surface area contributed by atoms with Crippen molar-refractivity contribution in [2.75, 3.05) is 7.11 Å². The van der Waals surface area contributed by atoms with Crippen molar-refractivity contribution < 1.29 is 9.84 Å². The third kappa shape index (κ3) is 1.74. The SMILES string of the molecule is COc1ccc(C2(N)CCCC2)c(O)c1Cl. The van der Waals surface area contributed by atoms with E-state index in [0.717, 1.165) is 31.2 Å². The van der Waals surface area contributed by atoms with E-state index in [1.807, 2.05) is 6.07 Å². The third-order valence-electron chi connectivity index (χ3n) is 3.33. The molecule has 0 heterocycles. The molecule has 0 bridgehead atoms. The van der Waals surface area contributed by atoms with E-state index in [2.05, 4.69) is 0 Å². The van der Waals surface area contributed by atoms with Crippen molar-refractivity contribution in [2.24, 2.45) is 5.73 Å². The predicted molar refractivity (Wildman–Crippen MR) is 64.0 cm³/mol. The van der Waals surface area contributed by atoms with Crippen molar-refractivity contribution in [1.29, 1.82) is 0 Å². The predicted octanol–water partition coefficient (Wildman–Crippen LogP) is 2.78. The Bertz CT molecular complexity index is 400. The molecule has 1 aromatic carbocycles. The van der Waals surface area contributed by atoms with Crippen molar-refractivity contribution in [2.45, 2.75) is 31.2 Å². The van der Waals surface area contributed by atoms with Gasteiger partial charge in [-0.25, -0.2) is 0 Å². The Balaban J connectivity index is 2.46. The summed E-state index contributed by atoms with van der Waals surface area (Å²) in [5.41, 5.74) is 6.58. The highest BCUT2D eigenvalue weighted by Gasteiger charge is 2.34. The second-order valence-electron chi connectivity index (χ2n) is 4.34. The summed E-state index contributed by atoms with van der Waals surface area (Å²) in [7, 11) is 1.52. The van der Waals surface area contributed by atoms with Gasteiger partial charge in [-0.2, -0.15) is 0 Å². The first-order valence-electron chi connectivity index (χ1n) is 5.43. The number of rotatable bonds is 2.